The van der Waals surface area contributed by atoms with E-state index < -0.39 is 5.60 Å². The maximum Gasteiger partial charge on any atom is 0.0924 e. The molecule has 1 aromatic heterocycles. The number of hydrogen-bond acceptors (Lipinski definition) is 2. The minimum Gasteiger partial charge on any atom is -0.385 e. The van der Waals surface area contributed by atoms with Gasteiger partial charge in [0.05, 0.1) is 11.3 Å². The molecule has 90 valence electrons. The highest BCUT2D eigenvalue weighted by molar-refractivity contribution is 9.10. The zero-order valence-corrected chi connectivity index (χ0v) is 11.5. The number of rotatable bonds is 3. The van der Waals surface area contributed by atoms with Crippen LogP contribution >= 0.6 is 15.9 Å². The van der Waals surface area contributed by atoms with E-state index >= 15 is 0 Å². The predicted molar refractivity (Wildman–Crippen MR) is 70.6 cm³/mol. The van der Waals surface area contributed by atoms with Crippen molar-refractivity contribution in [3.63, 3.8) is 0 Å². The van der Waals surface area contributed by atoms with Crippen LogP contribution in [0.25, 0.3) is 0 Å². The molecule has 1 heterocycles. The molecule has 2 aromatic rings. The lowest BCUT2D eigenvalue weighted by Gasteiger charge is -2.23. The molecule has 3 nitrogen and oxygen atoms in total. The SMILES string of the molecule is Cn1ccc(CC(C)(O)c2cccc(Br)c2)n1. The second-order valence-electron chi connectivity index (χ2n) is 4.44. The molecule has 0 fully saturated rings. The Kier molecular flexibility index (Phi) is 3.35. The molecular weight excluding hydrogens is 280 g/mol. The van der Waals surface area contributed by atoms with E-state index in [-0.39, 0.29) is 0 Å². The maximum atomic E-state index is 10.5. The van der Waals surface area contributed by atoms with Gasteiger partial charge in [-0.3, -0.25) is 4.68 Å². The van der Waals surface area contributed by atoms with Crippen LogP contribution in [0.2, 0.25) is 0 Å². The van der Waals surface area contributed by atoms with E-state index in [4.69, 9.17) is 0 Å². The third-order valence-corrected chi connectivity index (χ3v) is 3.23. The van der Waals surface area contributed by atoms with Gasteiger partial charge in [-0.15, -0.1) is 0 Å². The second kappa shape index (κ2) is 4.63. The molecule has 1 atom stereocenters. The lowest BCUT2D eigenvalue weighted by molar-refractivity contribution is 0.0564. The summed E-state index contributed by atoms with van der Waals surface area (Å²) in [6.07, 6.45) is 2.39. The molecule has 17 heavy (non-hydrogen) atoms. The minimum atomic E-state index is -0.905. The van der Waals surface area contributed by atoms with Gasteiger partial charge < -0.3 is 5.11 Å². The van der Waals surface area contributed by atoms with Crippen molar-refractivity contribution in [1.82, 2.24) is 9.78 Å². The average molecular weight is 295 g/mol. The summed E-state index contributed by atoms with van der Waals surface area (Å²) in [7, 11) is 1.87. The molecule has 0 bridgehead atoms. The number of benzene rings is 1. The summed E-state index contributed by atoms with van der Waals surface area (Å²) < 4.78 is 2.71. The van der Waals surface area contributed by atoms with Crippen LogP contribution in [0.4, 0.5) is 0 Å². The van der Waals surface area contributed by atoms with Gasteiger partial charge in [0.1, 0.15) is 0 Å². The lowest BCUT2D eigenvalue weighted by Crippen LogP contribution is -2.24. The van der Waals surface area contributed by atoms with Crippen molar-refractivity contribution in [1.29, 1.82) is 0 Å². The molecule has 0 aliphatic carbocycles. The highest BCUT2D eigenvalue weighted by Gasteiger charge is 2.24. The zero-order chi connectivity index (χ0) is 12.5. The Morgan fingerprint density at radius 1 is 1.41 bits per heavy atom. The number of aromatic nitrogens is 2. The zero-order valence-electron chi connectivity index (χ0n) is 9.89. The molecule has 1 N–H and O–H groups in total. The van der Waals surface area contributed by atoms with E-state index in [0.717, 1.165) is 15.7 Å². The Bertz CT molecular complexity index is 520. The summed E-state index contributed by atoms with van der Waals surface area (Å²) in [5.74, 6) is 0. The standard InChI is InChI=1S/C13H15BrN2O/c1-13(17,9-12-6-7-16(2)15-12)10-4-3-5-11(14)8-10/h3-8,17H,9H2,1-2H3. The fourth-order valence-electron chi connectivity index (χ4n) is 1.84. The number of hydrogen-bond donors (Lipinski definition) is 1. The molecule has 0 saturated heterocycles. The van der Waals surface area contributed by atoms with Crippen molar-refractivity contribution < 1.29 is 5.11 Å². The van der Waals surface area contributed by atoms with Gasteiger partial charge in [0, 0.05) is 24.1 Å². The molecule has 0 saturated carbocycles. The first-order valence-electron chi connectivity index (χ1n) is 5.44. The van der Waals surface area contributed by atoms with Crippen LogP contribution in [-0.2, 0) is 19.1 Å². The van der Waals surface area contributed by atoms with Gasteiger partial charge in [-0.05, 0) is 30.7 Å². The first-order chi connectivity index (χ1) is 7.97. The average Bonchev–Trinajstić information content (AvgIpc) is 2.63. The normalized spacial score (nSPS) is 14.6. The van der Waals surface area contributed by atoms with Crippen molar-refractivity contribution >= 4 is 15.9 Å². The van der Waals surface area contributed by atoms with Crippen LogP contribution in [0, 0.1) is 0 Å². The van der Waals surface area contributed by atoms with Crippen LogP contribution in [0.5, 0.6) is 0 Å². The van der Waals surface area contributed by atoms with Crippen LogP contribution < -0.4 is 0 Å². The quantitative estimate of drug-likeness (QED) is 0.945. The monoisotopic (exact) mass is 294 g/mol. The fourth-order valence-corrected chi connectivity index (χ4v) is 2.23. The molecule has 0 radical (unpaired) electrons. The summed E-state index contributed by atoms with van der Waals surface area (Å²) in [4.78, 5) is 0. The van der Waals surface area contributed by atoms with Gasteiger partial charge >= 0.3 is 0 Å². The van der Waals surface area contributed by atoms with Crippen LogP contribution in [-0.4, -0.2) is 14.9 Å². The summed E-state index contributed by atoms with van der Waals surface area (Å²) in [5.41, 5.74) is 0.869. The summed E-state index contributed by atoms with van der Waals surface area (Å²) >= 11 is 3.41. The second-order valence-corrected chi connectivity index (χ2v) is 5.36. The smallest absolute Gasteiger partial charge is 0.0924 e. The minimum absolute atomic E-state index is 0.504. The van der Waals surface area contributed by atoms with Crippen molar-refractivity contribution in [2.75, 3.05) is 0 Å². The van der Waals surface area contributed by atoms with E-state index in [0.29, 0.717) is 6.42 Å². The Morgan fingerprint density at radius 2 is 2.18 bits per heavy atom. The molecule has 1 aromatic carbocycles. The van der Waals surface area contributed by atoms with Crippen molar-refractivity contribution in [2.24, 2.45) is 7.05 Å². The summed E-state index contributed by atoms with van der Waals surface area (Å²) in [6.45, 7) is 1.81. The summed E-state index contributed by atoms with van der Waals surface area (Å²) in [6, 6.07) is 9.65. The molecular formula is C13H15BrN2O. The van der Waals surface area contributed by atoms with E-state index in [9.17, 15) is 5.11 Å². The topological polar surface area (TPSA) is 38.0 Å². The van der Waals surface area contributed by atoms with E-state index in [1.165, 1.54) is 0 Å². The first kappa shape index (κ1) is 12.3. The number of halogens is 1. The molecule has 4 heteroatoms. The molecule has 1 unspecified atom stereocenters. The molecule has 0 aliphatic rings. The van der Waals surface area contributed by atoms with Gasteiger partial charge in [0.2, 0.25) is 0 Å². The molecule has 0 aliphatic heterocycles. The van der Waals surface area contributed by atoms with Gasteiger partial charge in [0.25, 0.3) is 0 Å². The largest absolute Gasteiger partial charge is 0.385 e. The Hall–Kier alpha value is -1.13. The van der Waals surface area contributed by atoms with Gasteiger partial charge in [-0.2, -0.15) is 5.10 Å². The van der Waals surface area contributed by atoms with Gasteiger partial charge in [-0.25, -0.2) is 0 Å². The lowest BCUT2D eigenvalue weighted by atomic mass is 9.91. The maximum absolute atomic E-state index is 10.5. The third kappa shape index (κ3) is 2.96. The Balaban J connectivity index is 2.24. The number of aryl methyl sites for hydroxylation is 1. The van der Waals surface area contributed by atoms with Crippen LogP contribution in [0.3, 0.4) is 0 Å². The molecule has 0 spiro atoms. The van der Waals surface area contributed by atoms with Crippen LogP contribution in [0.15, 0.2) is 41.0 Å². The van der Waals surface area contributed by atoms with Gasteiger partial charge in [0.15, 0.2) is 0 Å². The van der Waals surface area contributed by atoms with Crippen molar-refractivity contribution in [3.05, 3.63) is 52.3 Å². The van der Waals surface area contributed by atoms with Crippen LogP contribution in [0.1, 0.15) is 18.2 Å². The molecule has 0 amide bonds. The Labute approximate surface area is 109 Å². The predicted octanol–water partition coefficient (Wildman–Crippen LogP) is 2.63. The number of aliphatic hydroxyl groups is 1. The van der Waals surface area contributed by atoms with E-state index in [1.54, 1.807) is 4.68 Å². The van der Waals surface area contributed by atoms with E-state index in [2.05, 4.69) is 21.0 Å². The molecule has 2 rings (SSSR count). The fraction of sp³-hybridized carbons (Fsp3) is 0.308. The first-order valence-corrected chi connectivity index (χ1v) is 6.24. The highest BCUT2D eigenvalue weighted by Crippen LogP contribution is 2.26. The van der Waals surface area contributed by atoms with Crippen molar-refractivity contribution in [3.8, 4) is 0 Å². The van der Waals surface area contributed by atoms with E-state index in [1.807, 2.05) is 50.5 Å². The third-order valence-electron chi connectivity index (χ3n) is 2.74. The summed E-state index contributed by atoms with van der Waals surface area (Å²) in [5, 5.41) is 14.8. The highest BCUT2D eigenvalue weighted by atomic mass is 79.9. The number of nitrogens with zero attached hydrogens (tertiary/aromatic N) is 2. The Morgan fingerprint density at radius 3 is 2.76 bits per heavy atom. The van der Waals surface area contributed by atoms with Crippen molar-refractivity contribution in [2.45, 2.75) is 18.9 Å². The van der Waals surface area contributed by atoms with Gasteiger partial charge in [-0.1, -0.05) is 28.1 Å².